The lowest BCUT2D eigenvalue weighted by molar-refractivity contribution is -0.00522. The molecule has 1 aliphatic heterocycles. The Morgan fingerprint density at radius 2 is 1.93 bits per heavy atom. The molecule has 29 heavy (non-hydrogen) atoms. The summed E-state index contributed by atoms with van der Waals surface area (Å²) in [5.74, 6) is -1.23. The molecule has 5 nitrogen and oxygen atoms in total. The largest absolute Gasteiger partial charge is 0.372 e. The van der Waals surface area contributed by atoms with E-state index >= 15 is 0 Å². The summed E-state index contributed by atoms with van der Waals surface area (Å²) < 4.78 is 33.2. The third-order valence-electron chi connectivity index (χ3n) is 5.53. The van der Waals surface area contributed by atoms with Crippen molar-refractivity contribution in [3.63, 3.8) is 0 Å². The Labute approximate surface area is 169 Å². The monoisotopic (exact) mass is 401 g/mol. The Kier molecular flexibility index (Phi) is 5.25. The molecule has 2 heterocycles. The molecule has 1 aliphatic carbocycles. The first-order valence-electron chi connectivity index (χ1n) is 9.96. The van der Waals surface area contributed by atoms with Crippen LogP contribution in [0.4, 0.5) is 14.5 Å². The normalized spacial score (nSPS) is 23.0. The van der Waals surface area contributed by atoms with Crippen LogP contribution in [0.1, 0.15) is 42.7 Å². The van der Waals surface area contributed by atoms with Gasteiger partial charge in [-0.2, -0.15) is 0 Å². The first-order chi connectivity index (χ1) is 13.8. The van der Waals surface area contributed by atoms with Crippen molar-refractivity contribution in [2.45, 2.75) is 50.9 Å². The third kappa shape index (κ3) is 4.56. The van der Waals surface area contributed by atoms with Crippen molar-refractivity contribution < 1.29 is 18.3 Å². The van der Waals surface area contributed by atoms with Crippen LogP contribution < -0.4 is 10.2 Å². The summed E-state index contributed by atoms with van der Waals surface area (Å²) in [6, 6.07) is 7.08. The maximum Gasteiger partial charge on any atom is 0.270 e. The smallest absolute Gasteiger partial charge is 0.270 e. The first-order valence-corrected chi connectivity index (χ1v) is 9.96. The number of rotatable bonds is 5. The van der Waals surface area contributed by atoms with Crippen LogP contribution in [0.2, 0.25) is 0 Å². The number of nitrogens with zero attached hydrogens (tertiary/aromatic N) is 2. The number of aromatic nitrogens is 1. The molecule has 1 saturated carbocycles. The number of ether oxygens (including phenoxy) is 1. The van der Waals surface area contributed by atoms with E-state index in [-0.39, 0.29) is 30.1 Å². The molecule has 2 fully saturated rings. The summed E-state index contributed by atoms with van der Waals surface area (Å²) in [6.45, 7) is 5.55. The molecule has 0 unspecified atom stereocenters. The van der Waals surface area contributed by atoms with E-state index in [1.165, 1.54) is 6.07 Å². The second-order valence-corrected chi connectivity index (χ2v) is 8.21. The number of anilines is 1. The van der Waals surface area contributed by atoms with Gasteiger partial charge >= 0.3 is 0 Å². The molecule has 2 atom stereocenters. The average molecular weight is 401 g/mol. The number of carbonyl (C=O) groups is 1. The van der Waals surface area contributed by atoms with Crippen LogP contribution in [0.5, 0.6) is 0 Å². The molecule has 0 radical (unpaired) electrons. The fourth-order valence-corrected chi connectivity index (χ4v) is 3.97. The van der Waals surface area contributed by atoms with Gasteiger partial charge in [0.25, 0.3) is 5.91 Å². The number of hydrogen-bond acceptors (Lipinski definition) is 4. The van der Waals surface area contributed by atoms with E-state index in [0.717, 1.165) is 43.8 Å². The first kappa shape index (κ1) is 19.8. The van der Waals surface area contributed by atoms with Gasteiger partial charge in [-0.1, -0.05) is 0 Å². The minimum atomic E-state index is -0.536. The Bertz CT molecular complexity index is 907. The minimum absolute atomic E-state index is 0.111. The summed E-state index contributed by atoms with van der Waals surface area (Å²) in [5.41, 5.74) is 0.986. The van der Waals surface area contributed by atoms with Crippen LogP contribution in [0.25, 0.3) is 0 Å². The lowest BCUT2D eigenvalue weighted by atomic mass is 10.0. The third-order valence-corrected chi connectivity index (χ3v) is 5.53. The van der Waals surface area contributed by atoms with Gasteiger partial charge in [0, 0.05) is 30.5 Å². The standard InChI is InChI=1S/C22H25F2N3O2/c1-14-12-27(13-15(2)29-14)18-5-8-25-20(10-18)21(28)26-22(6-7-22)11-16-9-17(23)3-4-19(16)24/h3-5,8-10,14-15H,6-7,11-13H2,1-2H3,(H,26,28)/t14-,15+. The second-order valence-electron chi connectivity index (χ2n) is 8.21. The van der Waals surface area contributed by atoms with Crippen molar-refractivity contribution in [1.82, 2.24) is 10.3 Å². The summed E-state index contributed by atoms with van der Waals surface area (Å²) >= 11 is 0. The Morgan fingerprint density at radius 3 is 2.62 bits per heavy atom. The van der Waals surface area contributed by atoms with Crippen LogP contribution >= 0.6 is 0 Å². The number of benzene rings is 1. The maximum atomic E-state index is 14.0. The van der Waals surface area contributed by atoms with E-state index in [9.17, 15) is 13.6 Å². The molecule has 2 aromatic rings. The molecule has 154 valence electrons. The van der Waals surface area contributed by atoms with E-state index in [0.29, 0.717) is 5.69 Å². The van der Waals surface area contributed by atoms with Crippen molar-refractivity contribution in [2.75, 3.05) is 18.0 Å². The van der Waals surface area contributed by atoms with Crippen molar-refractivity contribution >= 4 is 11.6 Å². The molecule has 1 amide bonds. The Hall–Kier alpha value is -2.54. The highest BCUT2D eigenvalue weighted by Crippen LogP contribution is 2.39. The molecule has 1 saturated heterocycles. The van der Waals surface area contributed by atoms with E-state index in [1.54, 1.807) is 12.3 Å². The zero-order chi connectivity index (χ0) is 20.6. The van der Waals surface area contributed by atoms with Gasteiger partial charge in [-0.15, -0.1) is 0 Å². The Morgan fingerprint density at radius 1 is 1.21 bits per heavy atom. The quantitative estimate of drug-likeness (QED) is 0.834. The fraction of sp³-hybridized carbons (Fsp3) is 0.455. The zero-order valence-electron chi connectivity index (χ0n) is 16.6. The second kappa shape index (κ2) is 7.71. The van der Waals surface area contributed by atoms with Gasteiger partial charge in [-0.3, -0.25) is 9.78 Å². The van der Waals surface area contributed by atoms with E-state index in [2.05, 4.69) is 15.2 Å². The molecular formula is C22H25F2N3O2. The number of morpholine rings is 1. The van der Waals surface area contributed by atoms with Gasteiger partial charge in [0.1, 0.15) is 17.3 Å². The lowest BCUT2D eigenvalue weighted by Crippen LogP contribution is -2.45. The minimum Gasteiger partial charge on any atom is -0.372 e. The number of nitrogens with one attached hydrogen (secondary N) is 1. The highest BCUT2D eigenvalue weighted by molar-refractivity contribution is 5.94. The number of carbonyl (C=O) groups excluding carboxylic acids is 1. The highest BCUT2D eigenvalue weighted by Gasteiger charge is 2.44. The molecule has 1 aromatic carbocycles. The van der Waals surface area contributed by atoms with Gasteiger partial charge in [-0.05, 0) is 69.0 Å². The van der Waals surface area contributed by atoms with Gasteiger partial charge in [-0.25, -0.2) is 8.78 Å². The average Bonchev–Trinajstić information content (AvgIpc) is 3.43. The SMILES string of the molecule is C[C@@H]1CN(c2ccnc(C(=O)NC3(Cc4cc(F)ccc4F)CC3)c2)C[C@H](C)O1. The van der Waals surface area contributed by atoms with Crippen LogP contribution in [0.3, 0.4) is 0 Å². The fourth-order valence-electron chi connectivity index (χ4n) is 3.97. The maximum absolute atomic E-state index is 14.0. The van der Waals surface area contributed by atoms with Crippen molar-refractivity contribution in [2.24, 2.45) is 0 Å². The number of amides is 1. The summed E-state index contributed by atoms with van der Waals surface area (Å²) in [6.07, 6.45) is 3.57. The molecule has 0 bridgehead atoms. The highest BCUT2D eigenvalue weighted by atomic mass is 19.1. The zero-order valence-corrected chi connectivity index (χ0v) is 16.6. The van der Waals surface area contributed by atoms with Crippen LogP contribution in [-0.2, 0) is 11.2 Å². The topological polar surface area (TPSA) is 54.5 Å². The molecule has 4 rings (SSSR count). The molecular weight excluding hydrogens is 376 g/mol. The van der Waals surface area contributed by atoms with Crippen molar-refractivity contribution in [3.05, 3.63) is 59.4 Å². The van der Waals surface area contributed by atoms with Crippen LogP contribution in [0.15, 0.2) is 36.5 Å². The van der Waals surface area contributed by atoms with E-state index < -0.39 is 17.2 Å². The molecule has 0 spiro atoms. The van der Waals surface area contributed by atoms with E-state index in [1.807, 2.05) is 19.9 Å². The molecule has 1 aromatic heterocycles. The van der Waals surface area contributed by atoms with Gasteiger partial charge < -0.3 is 15.0 Å². The number of hydrogen-bond donors (Lipinski definition) is 1. The number of halogens is 2. The summed E-state index contributed by atoms with van der Waals surface area (Å²) in [4.78, 5) is 19.2. The van der Waals surface area contributed by atoms with Gasteiger partial charge in [0.2, 0.25) is 0 Å². The lowest BCUT2D eigenvalue weighted by Gasteiger charge is -2.36. The van der Waals surface area contributed by atoms with Crippen LogP contribution in [-0.4, -0.2) is 41.7 Å². The summed E-state index contributed by atoms with van der Waals surface area (Å²) in [5, 5.41) is 2.99. The molecule has 2 aliphatic rings. The number of pyridine rings is 1. The van der Waals surface area contributed by atoms with E-state index in [4.69, 9.17) is 4.74 Å². The van der Waals surface area contributed by atoms with Gasteiger partial charge in [0.15, 0.2) is 0 Å². The summed E-state index contributed by atoms with van der Waals surface area (Å²) in [7, 11) is 0. The predicted molar refractivity (Wildman–Crippen MR) is 106 cm³/mol. The predicted octanol–water partition coefficient (Wildman–Crippen LogP) is 3.48. The van der Waals surface area contributed by atoms with Crippen LogP contribution in [0, 0.1) is 11.6 Å². The van der Waals surface area contributed by atoms with Crippen molar-refractivity contribution in [1.29, 1.82) is 0 Å². The van der Waals surface area contributed by atoms with Gasteiger partial charge in [0.05, 0.1) is 12.2 Å². The molecule has 1 N–H and O–H groups in total. The Balaban J connectivity index is 1.47. The molecule has 7 heteroatoms. The van der Waals surface area contributed by atoms with Crippen molar-refractivity contribution in [3.8, 4) is 0 Å².